The molecule has 0 atom stereocenters. The van der Waals surface area contributed by atoms with Gasteiger partial charge in [-0.3, -0.25) is 14.6 Å². The second-order valence-corrected chi connectivity index (χ2v) is 9.77. The number of H-pyrrole nitrogens is 1. The number of halogens is 1. The normalized spacial score (nSPS) is 11.1. The van der Waals surface area contributed by atoms with Crippen LogP contribution in [0.1, 0.15) is 21.5 Å². The van der Waals surface area contributed by atoms with Crippen LogP contribution in [0, 0.1) is 0 Å². The summed E-state index contributed by atoms with van der Waals surface area (Å²) in [5.74, 6) is 0.903. The Hall–Kier alpha value is -4.76. The lowest BCUT2D eigenvalue weighted by molar-refractivity contribution is -0.139. The number of aromatic nitrogens is 2. The summed E-state index contributed by atoms with van der Waals surface area (Å²) in [6.45, 7) is 0. The fourth-order valence-corrected chi connectivity index (χ4v) is 4.60. The number of methoxy groups -OCH3 is 2. The quantitative estimate of drug-likeness (QED) is 0.153. The summed E-state index contributed by atoms with van der Waals surface area (Å²) < 4.78 is 10.7. The van der Waals surface area contributed by atoms with Crippen LogP contribution in [0.3, 0.4) is 0 Å². The molecule has 40 heavy (non-hydrogen) atoms. The molecule has 5 rings (SSSR count). The molecule has 0 fully saturated rings. The summed E-state index contributed by atoms with van der Waals surface area (Å²) in [6.07, 6.45) is 1.98. The van der Waals surface area contributed by atoms with E-state index in [9.17, 15) is 9.59 Å². The number of anilines is 1. The van der Waals surface area contributed by atoms with E-state index < -0.39 is 0 Å². The van der Waals surface area contributed by atoms with E-state index >= 15 is 0 Å². The molecule has 0 aliphatic heterocycles. The average Bonchev–Trinajstić information content (AvgIpc) is 3.40. The largest absolute Gasteiger partial charge is 0.496 e. The minimum absolute atomic E-state index is 0.209. The molecule has 0 spiro atoms. The van der Waals surface area contributed by atoms with Gasteiger partial charge in [-0.2, -0.15) is 0 Å². The van der Waals surface area contributed by atoms with Crippen molar-refractivity contribution in [3.05, 3.63) is 106 Å². The van der Waals surface area contributed by atoms with Crippen molar-refractivity contribution in [1.82, 2.24) is 9.97 Å². The third-order valence-electron chi connectivity index (χ3n) is 6.21. The maximum absolute atomic E-state index is 12.6. The number of nitrogens with one attached hydrogen (secondary N) is 2. The highest BCUT2D eigenvalue weighted by Crippen LogP contribution is 2.26. The Morgan fingerprint density at radius 3 is 2.45 bits per heavy atom. The maximum atomic E-state index is 12.6. The van der Waals surface area contributed by atoms with Crippen LogP contribution in [0.4, 0.5) is 11.4 Å². The first-order valence-electron chi connectivity index (χ1n) is 12.4. The number of amides is 1. The summed E-state index contributed by atoms with van der Waals surface area (Å²) >= 11 is 3.40. The Labute approximate surface area is 239 Å². The standard InChI is InChI=1S/C31H25BrN4O4/c1-39-28-14-8-22(17-25(28)32)31(38)34-24-9-3-19(4-10-24)18-33-23-11-6-21(7-12-23)30-35-26-13-5-20(15-27(26)36-30)16-29(37)40-2/h3-15,17-18H,16H2,1-2H3,(H,34,38)(H,35,36)/b33-18+. The van der Waals surface area contributed by atoms with Crippen LogP contribution >= 0.6 is 15.9 Å². The Morgan fingerprint density at radius 1 is 0.975 bits per heavy atom. The lowest BCUT2D eigenvalue weighted by Gasteiger charge is -2.08. The summed E-state index contributed by atoms with van der Waals surface area (Å²) in [6, 6.07) is 26.1. The Morgan fingerprint density at radius 2 is 1.75 bits per heavy atom. The van der Waals surface area contributed by atoms with Crippen LogP contribution in [-0.4, -0.2) is 42.3 Å². The maximum Gasteiger partial charge on any atom is 0.309 e. The van der Waals surface area contributed by atoms with E-state index in [1.165, 1.54) is 7.11 Å². The van der Waals surface area contributed by atoms with E-state index in [0.717, 1.165) is 39.2 Å². The lowest BCUT2D eigenvalue weighted by Crippen LogP contribution is -2.11. The Bertz CT molecular complexity index is 1710. The minimum atomic E-state index is -0.285. The average molecular weight is 597 g/mol. The van der Waals surface area contributed by atoms with E-state index in [-0.39, 0.29) is 18.3 Å². The number of ether oxygens (including phenoxy) is 2. The molecule has 0 aliphatic rings. The van der Waals surface area contributed by atoms with Crippen LogP contribution < -0.4 is 10.1 Å². The number of rotatable bonds is 8. The fourth-order valence-electron chi connectivity index (χ4n) is 4.05. The summed E-state index contributed by atoms with van der Waals surface area (Å²) in [7, 11) is 2.96. The van der Waals surface area contributed by atoms with E-state index in [4.69, 9.17) is 9.47 Å². The van der Waals surface area contributed by atoms with E-state index in [0.29, 0.717) is 21.5 Å². The van der Waals surface area contributed by atoms with Crippen molar-refractivity contribution < 1.29 is 19.1 Å². The zero-order valence-corrected chi connectivity index (χ0v) is 23.4. The van der Waals surface area contributed by atoms with Crippen LogP contribution in [0.25, 0.3) is 22.4 Å². The van der Waals surface area contributed by atoms with E-state index in [2.05, 4.69) is 36.2 Å². The first-order chi connectivity index (χ1) is 19.4. The highest BCUT2D eigenvalue weighted by molar-refractivity contribution is 9.10. The van der Waals surface area contributed by atoms with Gasteiger partial charge in [-0.25, -0.2) is 4.98 Å². The van der Waals surface area contributed by atoms with Gasteiger partial charge in [-0.15, -0.1) is 0 Å². The number of aromatic amines is 1. The molecule has 0 saturated heterocycles. The number of benzene rings is 4. The molecule has 0 radical (unpaired) electrons. The zero-order chi connectivity index (χ0) is 28.1. The van der Waals surface area contributed by atoms with Crippen molar-refractivity contribution in [2.24, 2.45) is 4.99 Å². The molecule has 0 bridgehead atoms. The second kappa shape index (κ2) is 12.0. The molecule has 200 valence electrons. The molecule has 0 saturated carbocycles. The Kier molecular flexibility index (Phi) is 8.02. The molecule has 1 amide bonds. The van der Waals surface area contributed by atoms with Gasteiger partial charge in [0, 0.05) is 23.0 Å². The lowest BCUT2D eigenvalue weighted by atomic mass is 10.1. The van der Waals surface area contributed by atoms with Gasteiger partial charge in [-0.1, -0.05) is 18.2 Å². The van der Waals surface area contributed by atoms with Crippen LogP contribution in [-0.2, 0) is 16.0 Å². The van der Waals surface area contributed by atoms with Crippen LogP contribution in [0.2, 0.25) is 0 Å². The molecule has 8 nitrogen and oxygen atoms in total. The molecule has 2 N–H and O–H groups in total. The number of carbonyl (C=O) groups is 2. The predicted molar refractivity (Wildman–Crippen MR) is 160 cm³/mol. The van der Waals surface area contributed by atoms with E-state index in [1.807, 2.05) is 66.7 Å². The number of hydrogen-bond donors (Lipinski definition) is 2. The highest BCUT2D eigenvalue weighted by atomic mass is 79.9. The molecule has 1 aromatic heterocycles. The van der Waals surface area contributed by atoms with Gasteiger partial charge in [-0.05, 0) is 93.8 Å². The van der Waals surface area contributed by atoms with Crippen LogP contribution in [0.15, 0.2) is 94.4 Å². The first-order valence-corrected chi connectivity index (χ1v) is 13.2. The monoisotopic (exact) mass is 596 g/mol. The third kappa shape index (κ3) is 6.27. The number of nitrogens with zero attached hydrogens (tertiary/aromatic N) is 2. The van der Waals surface area contributed by atoms with Crippen LogP contribution in [0.5, 0.6) is 5.75 Å². The van der Waals surface area contributed by atoms with Gasteiger partial charge in [0.15, 0.2) is 0 Å². The van der Waals surface area contributed by atoms with Gasteiger partial charge >= 0.3 is 5.97 Å². The molecule has 1 heterocycles. The number of imidazole rings is 1. The van der Waals surface area contributed by atoms with Gasteiger partial charge in [0.05, 0.1) is 41.8 Å². The zero-order valence-electron chi connectivity index (χ0n) is 21.8. The summed E-state index contributed by atoms with van der Waals surface area (Å²) in [5.41, 5.74) is 6.35. The number of esters is 1. The van der Waals surface area contributed by atoms with Crippen molar-refractivity contribution in [3.8, 4) is 17.1 Å². The minimum Gasteiger partial charge on any atom is -0.496 e. The molecular weight excluding hydrogens is 572 g/mol. The van der Waals surface area contributed by atoms with Gasteiger partial charge in [0.1, 0.15) is 11.6 Å². The summed E-state index contributed by atoms with van der Waals surface area (Å²) in [4.78, 5) is 36.7. The number of aliphatic imine (C=N–C) groups is 1. The van der Waals surface area contributed by atoms with Gasteiger partial charge in [0.25, 0.3) is 5.91 Å². The SMILES string of the molecule is COC(=O)Cc1ccc2[nH]c(-c3ccc(/N=C/c4ccc(NC(=O)c5ccc(OC)c(Br)c5)cc4)cc3)nc2c1. The summed E-state index contributed by atoms with van der Waals surface area (Å²) in [5, 5.41) is 2.89. The Balaban J connectivity index is 1.21. The van der Waals surface area contributed by atoms with Crippen molar-refractivity contribution in [2.45, 2.75) is 6.42 Å². The molecule has 0 unspecified atom stereocenters. The van der Waals surface area contributed by atoms with Gasteiger partial charge in [0.2, 0.25) is 0 Å². The van der Waals surface area contributed by atoms with Crippen molar-refractivity contribution in [1.29, 1.82) is 0 Å². The third-order valence-corrected chi connectivity index (χ3v) is 6.83. The number of carbonyl (C=O) groups excluding carboxylic acids is 2. The first kappa shape index (κ1) is 26.8. The van der Waals surface area contributed by atoms with Crippen molar-refractivity contribution in [3.63, 3.8) is 0 Å². The van der Waals surface area contributed by atoms with Gasteiger partial charge < -0.3 is 19.8 Å². The molecule has 5 aromatic rings. The predicted octanol–water partition coefficient (Wildman–Crippen LogP) is 6.72. The molecular formula is C31H25BrN4O4. The second-order valence-electron chi connectivity index (χ2n) is 8.92. The number of hydrogen-bond acceptors (Lipinski definition) is 6. The van der Waals surface area contributed by atoms with E-state index in [1.54, 1.807) is 31.5 Å². The van der Waals surface area contributed by atoms with Crippen molar-refractivity contribution in [2.75, 3.05) is 19.5 Å². The fraction of sp³-hybridized carbons (Fsp3) is 0.0968. The number of fused-ring (bicyclic) bond motifs is 1. The smallest absolute Gasteiger partial charge is 0.309 e. The molecule has 0 aliphatic carbocycles. The highest BCUT2D eigenvalue weighted by Gasteiger charge is 2.10. The van der Waals surface area contributed by atoms with Crippen molar-refractivity contribution >= 4 is 56.4 Å². The topological polar surface area (TPSA) is 106 Å². The molecule has 4 aromatic carbocycles. The molecule has 9 heteroatoms.